The molecule has 605 valence electrons. The Hall–Kier alpha value is -6.59. The van der Waals surface area contributed by atoms with E-state index in [0.717, 1.165) is 114 Å². The van der Waals surface area contributed by atoms with E-state index in [1.165, 1.54) is 81.9 Å². The molecule has 111 heavy (non-hydrogen) atoms. The summed E-state index contributed by atoms with van der Waals surface area (Å²) in [5.41, 5.74) is -3.20. The van der Waals surface area contributed by atoms with E-state index < -0.39 is 114 Å². The maximum atomic E-state index is 13.0. The molecule has 0 bridgehead atoms. The van der Waals surface area contributed by atoms with Crippen LogP contribution in [0.4, 0.5) is 35.1 Å². The van der Waals surface area contributed by atoms with Crippen molar-refractivity contribution in [3.05, 3.63) is 136 Å². The predicted molar refractivity (Wildman–Crippen MR) is 409 cm³/mol. The summed E-state index contributed by atoms with van der Waals surface area (Å²) in [6.45, 7) is 15.3. The Balaban J connectivity index is 0.000000678. The molecule has 0 fully saturated rings. The Labute approximate surface area is 689 Å². The minimum atomic E-state index is -3.15. The van der Waals surface area contributed by atoms with Crippen molar-refractivity contribution in [1.29, 1.82) is 0 Å². The van der Waals surface area contributed by atoms with E-state index >= 15 is 0 Å². The van der Waals surface area contributed by atoms with Crippen molar-refractivity contribution in [2.75, 3.05) is 21.3 Å². The van der Waals surface area contributed by atoms with Crippen molar-refractivity contribution in [1.82, 2.24) is 16.1 Å². The average molecular weight is 1730 g/mol. The van der Waals surface area contributed by atoms with Crippen LogP contribution in [0, 0.1) is 27.7 Å². The molecule has 8 aromatic heterocycles. The number of carbonyl (C=O) groups excluding carboxylic acids is 8. The minimum absolute atomic E-state index is 0. The number of aryl methyl sites for hydroxylation is 4. The van der Waals surface area contributed by atoms with E-state index in [-0.39, 0.29) is 42.6 Å². The summed E-state index contributed by atoms with van der Waals surface area (Å²) in [6, 6.07) is 22.9. The molecule has 3 radical (unpaired) electrons. The molecule has 8 rings (SSSR count). The summed E-state index contributed by atoms with van der Waals surface area (Å²) in [5, 5.41) is 54.5. The number of carbonyl (C=O) groups is 8. The number of hydroxylamine groups is 1. The van der Waals surface area contributed by atoms with Gasteiger partial charge in [0.05, 0.1) is 21.3 Å². The zero-order chi connectivity index (χ0) is 83.8. The van der Waals surface area contributed by atoms with E-state index in [4.69, 9.17) is 16.0 Å². The van der Waals surface area contributed by atoms with Crippen LogP contribution in [0.2, 0.25) is 0 Å². The van der Waals surface area contributed by atoms with Gasteiger partial charge in [-0.15, -0.1) is 90.7 Å². The number of methoxy groups -OCH3 is 3. The molecule has 0 aliphatic carbocycles. The average Bonchev–Trinajstić information content (AvgIpc) is 1.68. The fourth-order valence-electron chi connectivity index (χ4n) is 7.96. The number of aldehydes is 1. The molecule has 0 saturated heterocycles. The second kappa shape index (κ2) is 49.2. The second-order valence-electron chi connectivity index (χ2n) is 23.4. The summed E-state index contributed by atoms with van der Waals surface area (Å²) in [6.07, 6.45) is -10.3. The van der Waals surface area contributed by atoms with E-state index in [0.29, 0.717) is 4.88 Å². The summed E-state index contributed by atoms with van der Waals surface area (Å²) < 4.78 is 119. The van der Waals surface area contributed by atoms with Crippen LogP contribution in [0.3, 0.4) is 0 Å². The van der Waals surface area contributed by atoms with Gasteiger partial charge in [-0.1, -0.05) is 0 Å². The number of thiophene rings is 8. The Morgan fingerprint density at radius 3 is 1.17 bits per heavy atom. The molecule has 24 nitrogen and oxygen atoms in total. The smallest absolute Gasteiger partial charge is 0.793 e. The van der Waals surface area contributed by atoms with Crippen molar-refractivity contribution in [3.63, 3.8) is 0 Å². The van der Waals surface area contributed by atoms with Gasteiger partial charge >= 0.3 is 59.4 Å². The fraction of sp³-hybridized carbons (Fsp3) is 0.406. The molecule has 0 saturated carbocycles. The number of rotatable bonds is 25. The molecule has 8 aromatic rings. The summed E-state index contributed by atoms with van der Waals surface area (Å²) in [4.78, 5) is 113. The van der Waals surface area contributed by atoms with Gasteiger partial charge in [-0.3, -0.25) is 44.8 Å². The molecule has 42 heteroatoms. The number of ether oxygens (including phenoxy) is 3. The van der Waals surface area contributed by atoms with Crippen molar-refractivity contribution in [2.45, 2.75) is 162 Å². The van der Waals surface area contributed by atoms with Crippen LogP contribution in [0.5, 0.6) is 0 Å². The van der Waals surface area contributed by atoms with Crippen LogP contribution in [0.1, 0.15) is 93.0 Å². The van der Waals surface area contributed by atoms with Gasteiger partial charge < -0.3 is 53.1 Å². The summed E-state index contributed by atoms with van der Waals surface area (Å²) in [5.74, 6) is -5.87. The standard InChI is InChI=1S/C16H19F2NO3S2.C16H17F2NO3S2.C15H18F2N2O3S2.C10H8OS2.C6H11F2NO3.C4H6O4.C2H3BO2.Na/c2*1-9-4-6-11(23-9)12-7-5-10(24-12)8-19-13(14(20)22-3)16(2,21)15(17)18;1-8-3-5-10(23-8)11-6-4-9(24-11)7-18-12(13(20)19-22)15(2,21)14(16)17;1-7-2-3-9(13-7)10-4-8(5-11)6-12-10;1-6(11,5(7)8)3(9)4(10)12-2;1-3(5)7-8-4(2)6;1-2(4)5-3;/h4-7,13,15,19,21H,8H2,1-3H3;4-8,13,15,21H,1-3H3;3-6,12,14,18,21-22H,7H2,1-2H3,(H,19,20);2-6H,1H3;3,5,11H,9H2,1-2H3;1-2H3;1H3;/q;;;;;;-1;+1/t2*13-,16+;12-,15+;;3-,6+;;;/m111.1.../s1. The molecule has 0 aliphatic heterocycles. The molecule has 0 unspecified atom stereocenters. The first-order valence-electron chi connectivity index (χ1n) is 31.6. The molecule has 8 heterocycles. The quantitative estimate of drug-likeness (QED) is 0.00296. The molecule has 8 atom stereocenters. The van der Waals surface area contributed by atoms with Crippen molar-refractivity contribution < 1.29 is 157 Å². The molecule has 0 aliphatic rings. The van der Waals surface area contributed by atoms with E-state index in [1.807, 2.05) is 98.9 Å². The molecule has 1 amide bonds. The van der Waals surface area contributed by atoms with Crippen LogP contribution in [-0.2, 0) is 75.3 Å². The van der Waals surface area contributed by atoms with Gasteiger partial charge in [-0.2, -0.15) is 0 Å². The Bertz CT molecular complexity index is 4100. The first-order valence-corrected chi connectivity index (χ1v) is 38.1. The molecule has 0 aromatic carbocycles. The van der Waals surface area contributed by atoms with Crippen LogP contribution >= 0.6 is 90.7 Å². The van der Waals surface area contributed by atoms with Crippen LogP contribution in [0.15, 0.2) is 101 Å². The van der Waals surface area contributed by atoms with Crippen LogP contribution < -0.4 is 51.4 Å². The topological polar surface area (TPSA) is 368 Å². The third-order valence-electron chi connectivity index (χ3n) is 14.2. The van der Waals surface area contributed by atoms with Gasteiger partial charge in [-0.25, -0.2) is 64.8 Å². The Morgan fingerprint density at radius 1 is 0.505 bits per heavy atom. The second-order valence-corrected chi connectivity index (χ2v) is 32.9. The van der Waals surface area contributed by atoms with E-state index in [9.17, 15) is 88.8 Å². The maximum absolute atomic E-state index is 13.0. The number of hydrogen-bond donors (Lipinski definition) is 9. The zero-order valence-electron chi connectivity index (χ0n) is 62.3. The number of amides is 1. The van der Waals surface area contributed by atoms with Gasteiger partial charge in [0.1, 0.15) is 34.9 Å². The van der Waals surface area contributed by atoms with Gasteiger partial charge in [0, 0.05) is 124 Å². The normalized spacial score (nSPS) is 14.1. The zero-order valence-corrected chi connectivity index (χ0v) is 70.8. The number of nitrogens with one attached hydrogen (secondary N) is 3. The van der Waals surface area contributed by atoms with Gasteiger partial charge in [0.25, 0.3) is 31.6 Å². The number of nitrogens with two attached hydrogens (primary N) is 1. The summed E-state index contributed by atoms with van der Waals surface area (Å²) >= 11 is 12.7. The number of aliphatic imine (C=N–C) groups is 1. The number of hydrogen-bond acceptors (Lipinski definition) is 31. The van der Waals surface area contributed by atoms with Crippen LogP contribution in [-0.4, -0.2) is 182 Å². The number of esters is 3. The Kier molecular flexibility index (Phi) is 45.4. The van der Waals surface area contributed by atoms with Crippen LogP contribution in [0.25, 0.3) is 39.0 Å². The number of halogens is 8. The Morgan fingerprint density at radius 2 is 0.847 bits per heavy atom. The van der Waals surface area contributed by atoms with Gasteiger partial charge in [0.15, 0.2) is 17.9 Å². The van der Waals surface area contributed by atoms with E-state index in [2.05, 4.69) is 71.4 Å². The monoisotopic (exact) mass is 1730 g/mol. The van der Waals surface area contributed by atoms with Crippen molar-refractivity contribution in [2.24, 2.45) is 10.7 Å². The van der Waals surface area contributed by atoms with Gasteiger partial charge in [0.2, 0.25) is 5.97 Å². The maximum Gasteiger partial charge on any atom is 1.00 e. The first-order chi connectivity index (χ1) is 51.3. The number of aliphatic hydroxyl groups is 4. The minimum Gasteiger partial charge on any atom is -0.793 e. The third kappa shape index (κ3) is 33.8. The SMILES string of the molecule is CC(=O)OOC(C)=O.COC(=O)[C@@H](N)[C@](C)(O)C(F)F.COC(=O)[C@@H](N=Cc1ccc(-c2ccc(C)s2)s1)[C@](C)(O)C(F)F.COC(=O)[C@@H](NCc1ccc(-c2ccc(C)s2)s1)[C@](C)(O)C(F)F.Cc1ccc(-c2cc(C=O)cs2)s1.Cc1ccc(-c2ccc(CN[C@H](C(=O)NO)[C@](C)(O)C(F)F)s2)s1.[B-]OC(C)=O.[Na+]. The molecular weight excluding hydrogens is 1650 g/mol. The predicted octanol–water partition coefficient (Wildman–Crippen LogP) is 9.72. The van der Waals surface area contributed by atoms with Crippen molar-refractivity contribution >= 4 is 153 Å². The third-order valence-corrected chi connectivity index (χ3v) is 23.1. The van der Waals surface area contributed by atoms with Gasteiger partial charge in [-0.05, 0) is 146 Å². The van der Waals surface area contributed by atoms with E-state index in [1.54, 1.807) is 62.8 Å². The first kappa shape index (κ1) is 102. The largest absolute Gasteiger partial charge is 1.00 e. The number of nitrogens with zero attached hydrogens (tertiary/aromatic N) is 1. The number of alkyl halides is 8. The summed E-state index contributed by atoms with van der Waals surface area (Å²) in [7, 11) is 7.49. The van der Waals surface area contributed by atoms with Crippen molar-refractivity contribution in [3.8, 4) is 39.0 Å². The fourth-order valence-corrected chi connectivity index (χ4v) is 15.5. The molecule has 10 N–H and O–H groups in total. The molecular formula is C69H82BF8N5NaO19S8. The molecule has 0 spiro atoms.